The van der Waals surface area contributed by atoms with Gasteiger partial charge in [-0.1, -0.05) is 0 Å². The maximum atomic E-state index is 12.8. The van der Waals surface area contributed by atoms with Gasteiger partial charge in [0.05, 0.1) is 5.69 Å². The van der Waals surface area contributed by atoms with Gasteiger partial charge in [0.1, 0.15) is 5.75 Å². The van der Waals surface area contributed by atoms with Crippen molar-refractivity contribution in [2.24, 2.45) is 11.7 Å². The number of ether oxygens (including phenoxy) is 1. The molecule has 2 amide bonds. The number of likely N-dealkylation sites (tertiary alicyclic amines) is 1. The van der Waals surface area contributed by atoms with Crippen molar-refractivity contribution in [3.63, 3.8) is 0 Å². The average molecular weight is 382 g/mol. The van der Waals surface area contributed by atoms with Crippen LogP contribution in [0.3, 0.4) is 0 Å². The number of rotatable bonds is 4. The highest BCUT2D eigenvalue weighted by atomic mass is 35.5. The van der Waals surface area contributed by atoms with E-state index in [2.05, 4.69) is 5.32 Å². The number of anilines is 1. The summed E-state index contributed by atoms with van der Waals surface area (Å²) in [4.78, 5) is 38.1. The van der Waals surface area contributed by atoms with Gasteiger partial charge in [-0.15, -0.1) is 12.4 Å². The monoisotopic (exact) mass is 381 g/mol. The summed E-state index contributed by atoms with van der Waals surface area (Å²) in [7, 11) is 0. The van der Waals surface area contributed by atoms with Crippen LogP contribution in [0.4, 0.5) is 5.69 Å². The maximum absolute atomic E-state index is 12.8. The fourth-order valence-electron chi connectivity index (χ4n) is 3.27. The highest BCUT2D eigenvalue weighted by molar-refractivity contribution is 6.02. The summed E-state index contributed by atoms with van der Waals surface area (Å²) < 4.78 is 5.51. The van der Waals surface area contributed by atoms with E-state index in [4.69, 9.17) is 10.5 Å². The molecule has 7 nitrogen and oxygen atoms in total. The Morgan fingerprint density at radius 3 is 2.65 bits per heavy atom. The molecule has 3 N–H and O–H groups in total. The lowest BCUT2D eigenvalue weighted by atomic mass is 9.88. The molecule has 0 radical (unpaired) electrons. The van der Waals surface area contributed by atoms with E-state index < -0.39 is 6.10 Å². The van der Waals surface area contributed by atoms with Crippen LogP contribution in [-0.2, 0) is 9.59 Å². The van der Waals surface area contributed by atoms with Crippen molar-refractivity contribution in [2.75, 3.05) is 25.0 Å². The Labute approximate surface area is 158 Å². The summed E-state index contributed by atoms with van der Waals surface area (Å²) in [6, 6.07) is 5.13. The third-order valence-corrected chi connectivity index (χ3v) is 4.77. The molecule has 8 heteroatoms. The second kappa shape index (κ2) is 8.51. The zero-order valence-electron chi connectivity index (χ0n) is 14.7. The van der Waals surface area contributed by atoms with Crippen LogP contribution in [0.5, 0.6) is 5.75 Å². The van der Waals surface area contributed by atoms with Crippen LogP contribution < -0.4 is 15.8 Å². The lowest BCUT2D eigenvalue weighted by Crippen LogP contribution is -2.41. The number of carbonyl (C=O) groups excluding carboxylic acids is 3. The highest BCUT2D eigenvalue weighted by Gasteiger charge is 2.29. The minimum Gasteiger partial charge on any atom is -0.479 e. The zero-order chi connectivity index (χ0) is 18.0. The van der Waals surface area contributed by atoms with Gasteiger partial charge in [0, 0.05) is 37.5 Å². The van der Waals surface area contributed by atoms with Crippen LogP contribution in [0, 0.1) is 5.92 Å². The van der Waals surface area contributed by atoms with Crippen LogP contribution in [0.2, 0.25) is 0 Å². The van der Waals surface area contributed by atoms with Gasteiger partial charge in [0.25, 0.3) is 5.91 Å². The number of hydrogen-bond acceptors (Lipinski definition) is 5. The van der Waals surface area contributed by atoms with E-state index in [9.17, 15) is 14.4 Å². The average Bonchev–Trinajstić information content (AvgIpc) is 2.62. The Morgan fingerprint density at radius 1 is 1.31 bits per heavy atom. The predicted molar refractivity (Wildman–Crippen MR) is 99.7 cm³/mol. The molecule has 1 unspecified atom stereocenters. The van der Waals surface area contributed by atoms with E-state index in [1.165, 1.54) is 0 Å². The zero-order valence-corrected chi connectivity index (χ0v) is 15.5. The van der Waals surface area contributed by atoms with Crippen LogP contribution in [0.1, 0.15) is 36.5 Å². The molecule has 1 aromatic rings. The number of carbonyl (C=O) groups is 3. The molecular formula is C18H24ClN3O4. The van der Waals surface area contributed by atoms with Crippen molar-refractivity contribution in [1.82, 2.24) is 4.90 Å². The summed E-state index contributed by atoms with van der Waals surface area (Å²) in [5, 5.41) is 2.76. The molecule has 1 aromatic carbocycles. The quantitative estimate of drug-likeness (QED) is 0.771. The first-order valence-corrected chi connectivity index (χ1v) is 8.63. The van der Waals surface area contributed by atoms with Gasteiger partial charge >= 0.3 is 0 Å². The molecule has 0 bridgehead atoms. The maximum Gasteiger partial charge on any atom is 0.265 e. The Kier molecular flexibility index (Phi) is 6.61. The molecule has 0 aromatic heterocycles. The summed E-state index contributed by atoms with van der Waals surface area (Å²) in [5.74, 6) is 0.339. The van der Waals surface area contributed by atoms with E-state index in [0.717, 1.165) is 0 Å². The summed E-state index contributed by atoms with van der Waals surface area (Å²) in [6.07, 6.45) is 1.10. The van der Waals surface area contributed by atoms with Gasteiger partial charge in [0.2, 0.25) is 5.91 Å². The lowest BCUT2D eigenvalue weighted by molar-refractivity contribution is -0.132. The van der Waals surface area contributed by atoms with Crippen LogP contribution in [0.15, 0.2) is 18.2 Å². The minimum absolute atomic E-state index is 0. The molecule has 2 aliphatic heterocycles. The van der Waals surface area contributed by atoms with Gasteiger partial charge in [-0.2, -0.15) is 0 Å². The molecule has 2 heterocycles. The third-order valence-electron chi connectivity index (χ3n) is 4.77. The van der Waals surface area contributed by atoms with E-state index in [1.807, 2.05) is 0 Å². The number of piperidine rings is 1. The Balaban J connectivity index is 0.00000243. The SMILES string of the molecule is CC1Oc2ccc(C(=O)C3CCN(C(=O)CCN)CC3)cc2NC1=O.Cl. The first-order valence-electron chi connectivity index (χ1n) is 8.63. The van der Waals surface area contributed by atoms with Crippen molar-refractivity contribution in [3.05, 3.63) is 23.8 Å². The van der Waals surface area contributed by atoms with E-state index in [-0.39, 0.29) is 35.9 Å². The fraction of sp³-hybridized carbons (Fsp3) is 0.500. The first-order chi connectivity index (χ1) is 12.0. The van der Waals surface area contributed by atoms with Crippen molar-refractivity contribution in [3.8, 4) is 5.75 Å². The molecule has 0 saturated carbocycles. The third kappa shape index (κ3) is 4.16. The van der Waals surface area contributed by atoms with Crippen LogP contribution >= 0.6 is 12.4 Å². The number of halogens is 1. The molecule has 0 aliphatic carbocycles. The summed E-state index contributed by atoms with van der Waals surface area (Å²) in [6.45, 7) is 3.19. The standard InChI is InChI=1S/C18H23N3O4.ClH/c1-11-18(24)20-14-10-13(2-3-15(14)25-11)17(23)12-5-8-21(9-6-12)16(22)4-7-19;/h2-3,10-12H,4-9,19H2,1H3,(H,20,24);1H. The Bertz CT molecular complexity index is 702. The van der Waals surface area contributed by atoms with Crippen molar-refractivity contribution >= 4 is 35.7 Å². The van der Waals surface area contributed by atoms with E-state index in [0.29, 0.717) is 55.9 Å². The first kappa shape index (κ1) is 20.2. The molecule has 26 heavy (non-hydrogen) atoms. The van der Waals surface area contributed by atoms with Crippen LogP contribution in [0.25, 0.3) is 0 Å². The second-order valence-electron chi connectivity index (χ2n) is 6.52. The summed E-state index contributed by atoms with van der Waals surface area (Å²) in [5.41, 5.74) is 6.51. The number of fused-ring (bicyclic) bond motifs is 1. The lowest BCUT2D eigenvalue weighted by Gasteiger charge is -2.31. The number of nitrogens with zero attached hydrogens (tertiary/aromatic N) is 1. The van der Waals surface area contributed by atoms with Crippen molar-refractivity contribution in [2.45, 2.75) is 32.3 Å². The van der Waals surface area contributed by atoms with E-state index >= 15 is 0 Å². The smallest absolute Gasteiger partial charge is 0.265 e. The number of Topliss-reactive ketones (excluding diaryl/α,β-unsaturated/α-hetero) is 1. The van der Waals surface area contributed by atoms with Crippen molar-refractivity contribution in [1.29, 1.82) is 0 Å². The molecule has 1 saturated heterocycles. The normalized spacial score (nSPS) is 19.7. The highest BCUT2D eigenvalue weighted by Crippen LogP contribution is 2.32. The molecule has 1 fully saturated rings. The Hall–Kier alpha value is -2.12. The predicted octanol–water partition coefficient (Wildman–Crippen LogP) is 1.60. The summed E-state index contributed by atoms with van der Waals surface area (Å²) >= 11 is 0. The largest absolute Gasteiger partial charge is 0.479 e. The molecule has 142 valence electrons. The molecule has 0 spiro atoms. The number of nitrogens with two attached hydrogens (primary N) is 1. The van der Waals surface area contributed by atoms with Gasteiger partial charge in [0.15, 0.2) is 11.9 Å². The fourth-order valence-corrected chi connectivity index (χ4v) is 3.27. The molecule has 3 rings (SSSR count). The van der Waals surface area contributed by atoms with Gasteiger partial charge in [-0.05, 0) is 38.0 Å². The minimum atomic E-state index is -0.538. The topological polar surface area (TPSA) is 102 Å². The van der Waals surface area contributed by atoms with Gasteiger partial charge in [-0.25, -0.2) is 0 Å². The van der Waals surface area contributed by atoms with Gasteiger partial charge in [-0.3, -0.25) is 14.4 Å². The molecular weight excluding hydrogens is 358 g/mol. The van der Waals surface area contributed by atoms with Crippen molar-refractivity contribution < 1.29 is 19.1 Å². The molecule has 1 atom stereocenters. The number of nitrogens with one attached hydrogen (secondary N) is 1. The number of benzene rings is 1. The number of amides is 2. The van der Waals surface area contributed by atoms with E-state index in [1.54, 1.807) is 30.0 Å². The second-order valence-corrected chi connectivity index (χ2v) is 6.52. The number of hydrogen-bond donors (Lipinski definition) is 2. The van der Waals surface area contributed by atoms with Gasteiger partial charge < -0.3 is 20.7 Å². The Morgan fingerprint density at radius 2 is 2.00 bits per heavy atom. The molecule has 2 aliphatic rings. The van der Waals surface area contributed by atoms with Crippen LogP contribution in [-0.4, -0.2) is 48.2 Å². The number of ketones is 1.